The minimum Gasteiger partial charge on any atom is -0.369 e. The number of carbonyl (C=O) groups is 2. The number of aryl methyl sites for hydroxylation is 2. The molecule has 0 spiro atoms. The van der Waals surface area contributed by atoms with Crippen LogP contribution in [0.15, 0.2) is 23.1 Å². The highest BCUT2D eigenvalue weighted by Crippen LogP contribution is 2.27. The summed E-state index contributed by atoms with van der Waals surface area (Å²) in [5, 5.41) is 0. The van der Waals surface area contributed by atoms with Gasteiger partial charge in [0.25, 0.3) is 0 Å². The molecule has 0 unspecified atom stereocenters. The van der Waals surface area contributed by atoms with Crippen molar-refractivity contribution < 1.29 is 9.59 Å². The van der Waals surface area contributed by atoms with E-state index in [0.717, 1.165) is 13.1 Å². The van der Waals surface area contributed by atoms with Gasteiger partial charge >= 0.3 is 0 Å². The van der Waals surface area contributed by atoms with Crippen molar-refractivity contribution in [2.24, 2.45) is 5.73 Å². The van der Waals surface area contributed by atoms with E-state index in [2.05, 4.69) is 18.2 Å². The molecule has 23 heavy (non-hydrogen) atoms. The first-order valence-corrected chi connectivity index (χ1v) is 9.13. The molecule has 0 atom stereocenters. The molecule has 0 aromatic heterocycles. The maximum atomic E-state index is 12.3. The Balaban J connectivity index is 1.46. The van der Waals surface area contributed by atoms with Crippen molar-refractivity contribution in [3.63, 3.8) is 0 Å². The van der Waals surface area contributed by atoms with Gasteiger partial charge in [-0.25, -0.2) is 0 Å². The largest absolute Gasteiger partial charge is 0.369 e. The second kappa shape index (κ2) is 7.36. The van der Waals surface area contributed by atoms with Gasteiger partial charge in [-0.2, -0.15) is 0 Å². The Labute approximate surface area is 141 Å². The SMILES string of the molecule is NC(=O)CN1CCN(C(=O)CSc2ccc3c(c2)CCC3)CC1. The third-order valence-electron chi connectivity index (χ3n) is 4.54. The van der Waals surface area contributed by atoms with Crippen LogP contribution in [0.2, 0.25) is 0 Å². The predicted molar refractivity (Wildman–Crippen MR) is 91.4 cm³/mol. The highest BCUT2D eigenvalue weighted by molar-refractivity contribution is 8.00. The van der Waals surface area contributed by atoms with E-state index in [1.165, 1.54) is 35.3 Å². The molecular formula is C17H23N3O2S. The number of nitrogens with zero attached hydrogens (tertiary/aromatic N) is 2. The average Bonchev–Trinajstić information content (AvgIpc) is 3.00. The van der Waals surface area contributed by atoms with Crippen LogP contribution in [0.25, 0.3) is 0 Å². The summed E-state index contributed by atoms with van der Waals surface area (Å²) >= 11 is 1.62. The molecule has 124 valence electrons. The van der Waals surface area contributed by atoms with Crippen molar-refractivity contribution >= 4 is 23.6 Å². The quantitative estimate of drug-likeness (QED) is 0.813. The first-order valence-electron chi connectivity index (χ1n) is 8.15. The van der Waals surface area contributed by atoms with Gasteiger partial charge in [-0.15, -0.1) is 11.8 Å². The van der Waals surface area contributed by atoms with Gasteiger partial charge in [-0.3, -0.25) is 14.5 Å². The number of amides is 2. The lowest BCUT2D eigenvalue weighted by Crippen LogP contribution is -2.51. The summed E-state index contributed by atoms with van der Waals surface area (Å²) in [6, 6.07) is 6.58. The van der Waals surface area contributed by atoms with Crippen molar-refractivity contribution in [1.29, 1.82) is 0 Å². The smallest absolute Gasteiger partial charge is 0.233 e. The van der Waals surface area contributed by atoms with Crippen LogP contribution in [0.4, 0.5) is 0 Å². The van der Waals surface area contributed by atoms with Crippen LogP contribution in [0.3, 0.4) is 0 Å². The molecule has 1 aliphatic carbocycles. The van der Waals surface area contributed by atoms with E-state index >= 15 is 0 Å². The van der Waals surface area contributed by atoms with E-state index in [1.807, 2.05) is 9.80 Å². The Hall–Kier alpha value is -1.53. The summed E-state index contributed by atoms with van der Waals surface area (Å²) in [6.07, 6.45) is 3.60. The van der Waals surface area contributed by atoms with Crippen LogP contribution in [0, 0.1) is 0 Å². The Bertz CT molecular complexity index is 598. The van der Waals surface area contributed by atoms with E-state index < -0.39 is 0 Å². The number of hydrogen-bond donors (Lipinski definition) is 1. The van der Waals surface area contributed by atoms with Gasteiger partial charge in [0.15, 0.2) is 0 Å². The van der Waals surface area contributed by atoms with E-state index in [4.69, 9.17) is 5.73 Å². The summed E-state index contributed by atoms with van der Waals surface area (Å²) in [5.41, 5.74) is 8.11. The van der Waals surface area contributed by atoms with Crippen LogP contribution in [0.5, 0.6) is 0 Å². The van der Waals surface area contributed by atoms with E-state index in [1.54, 1.807) is 11.8 Å². The normalized spacial score (nSPS) is 18.0. The summed E-state index contributed by atoms with van der Waals surface area (Å²) in [4.78, 5) is 28.3. The highest BCUT2D eigenvalue weighted by Gasteiger charge is 2.22. The maximum absolute atomic E-state index is 12.3. The first kappa shape index (κ1) is 16.3. The zero-order valence-corrected chi connectivity index (χ0v) is 14.1. The van der Waals surface area contributed by atoms with E-state index in [-0.39, 0.29) is 18.4 Å². The Morgan fingerprint density at radius 3 is 2.57 bits per heavy atom. The molecule has 1 aromatic rings. The third-order valence-corrected chi connectivity index (χ3v) is 5.52. The van der Waals surface area contributed by atoms with Crippen LogP contribution < -0.4 is 5.73 Å². The minimum atomic E-state index is -0.308. The fraction of sp³-hybridized carbons (Fsp3) is 0.529. The monoisotopic (exact) mass is 333 g/mol. The molecule has 2 amide bonds. The summed E-state index contributed by atoms with van der Waals surface area (Å²) in [6.45, 7) is 3.08. The molecule has 2 aliphatic rings. The lowest BCUT2D eigenvalue weighted by atomic mass is 10.1. The van der Waals surface area contributed by atoms with Crippen LogP contribution in [0.1, 0.15) is 17.5 Å². The molecule has 0 saturated carbocycles. The summed E-state index contributed by atoms with van der Waals surface area (Å²) in [7, 11) is 0. The Morgan fingerprint density at radius 2 is 1.83 bits per heavy atom. The molecule has 0 radical (unpaired) electrons. The second-order valence-electron chi connectivity index (χ2n) is 6.20. The van der Waals surface area contributed by atoms with E-state index in [0.29, 0.717) is 18.8 Å². The lowest BCUT2D eigenvalue weighted by Gasteiger charge is -2.34. The zero-order valence-electron chi connectivity index (χ0n) is 13.3. The van der Waals surface area contributed by atoms with Crippen LogP contribution in [-0.4, -0.2) is 60.1 Å². The van der Waals surface area contributed by atoms with Gasteiger partial charge in [-0.05, 0) is 42.5 Å². The number of rotatable bonds is 5. The lowest BCUT2D eigenvalue weighted by molar-refractivity contribution is -0.130. The van der Waals surface area contributed by atoms with Crippen LogP contribution in [-0.2, 0) is 22.4 Å². The number of thioether (sulfide) groups is 1. The number of primary amides is 1. The first-order chi connectivity index (χ1) is 11.1. The number of carbonyl (C=O) groups excluding carboxylic acids is 2. The second-order valence-corrected chi connectivity index (χ2v) is 7.24. The molecule has 6 heteroatoms. The molecule has 1 heterocycles. The van der Waals surface area contributed by atoms with Crippen molar-refractivity contribution in [3.05, 3.63) is 29.3 Å². The molecular weight excluding hydrogens is 310 g/mol. The number of nitrogens with two attached hydrogens (primary N) is 1. The highest BCUT2D eigenvalue weighted by atomic mass is 32.2. The molecule has 1 aromatic carbocycles. The Morgan fingerprint density at radius 1 is 1.09 bits per heavy atom. The maximum Gasteiger partial charge on any atom is 0.233 e. The van der Waals surface area contributed by atoms with Crippen LogP contribution >= 0.6 is 11.8 Å². The molecule has 0 bridgehead atoms. The summed E-state index contributed by atoms with van der Waals surface area (Å²) < 4.78 is 0. The van der Waals surface area contributed by atoms with Crippen molar-refractivity contribution in [1.82, 2.24) is 9.80 Å². The molecule has 5 nitrogen and oxygen atoms in total. The molecule has 1 saturated heterocycles. The van der Waals surface area contributed by atoms with Gasteiger partial charge in [-0.1, -0.05) is 6.07 Å². The summed E-state index contributed by atoms with van der Waals surface area (Å²) in [5.74, 6) is 0.348. The number of piperazine rings is 1. The molecule has 2 N–H and O–H groups in total. The molecule has 3 rings (SSSR count). The van der Waals surface area contributed by atoms with Gasteiger partial charge in [0, 0.05) is 31.1 Å². The molecule has 1 fully saturated rings. The fourth-order valence-electron chi connectivity index (χ4n) is 3.25. The standard InChI is InChI=1S/C17H23N3O2S/c18-16(21)11-19-6-8-20(9-7-19)17(22)12-23-15-5-4-13-2-1-3-14(13)10-15/h4-5,10H,1-3,6-9,11-12H2,(H2,18,21). The topological polar surface area (TPSA) is 66.6 Å². The predicted octanol–water partition coefficient (Wildman–Crippen LogP) is 0.897. The van der Waals surface area contributed by atoms with Gasteiger partial charge in [0.1, 0.15) is 0 Å². The minimum absolute atomic E-state index is 0.175. The van der Waals surface area contributed by atoms with Gasteiger partial charge < -0.3 is 10.6 Å². The fourth-order valence-corrected chi connectivity index (χ4v) is 4.11. The number of hydrogen-bond acceptors (Lipinski definition) is 4. The average molecular weight is 333 g/mol. The van der Waals surface area contributed by atoms with E-state index in [9.17, 15) is 9.59 Å². The number of benzene rings is 1. The Kier molecular flexibility index (Phi) is 5.23. The molecule has 1 aliphatic heterocycles. The zero-order chi connectivity index (χ0) is 16.2. The van der Waals surface area contributed by atoms with Crippen molar-refractivity contribution in [2.75, 3.05) is 38.5 Å². The third kappa shape index (κ3) is 4.26. The van der Waals surface area contributed by atoms with Crippen molar-refractivity contribution in [3.8, 4) is 0 Å². The van der Waals surface area contributed by atoms with Crippen molar-refractivity contribution in [2.45, 2.75) is 24.2 Å². The van der Waals surface area contributed by atoms with Gasteiger partial charge in [0.05, 0.1) is 12.3 Å². The number of fused-ring (bicyclic) bond motifs is 1. The van der Waals surface area contributed by atoms with Gasteiger partial charge in [0.2, 0.25) is 11.8 Å².